The number of nitrogens with one attached hydrogen (secondary N) is 4. The average Bonchev–Trinajstić information content (AvgIpc) is 2.75. The zero-order valence-corrected chi connectivity index (χ0v) is 16.1. The lowest BCUT2D eigenvalue weighted by atomic mass is 10.1. The van der Waals surface area contributed by atoms with Gasteiger partial charge >= 0.3 is 0 Å². The van der Waals surface area contributed by atoms with Crippen LogP contribution in [-0.4, -0.2) is 21.7 Å². The molecule has 2 aromatic carbocycles. The van der Waals surface area contributed by atoms with Gasteiger partial charge in [0.2, 0.25) is 11.8 Å². The fourth-order valence-corrected chi connectivity index (χ4v) is 2.24. The summed E-state index contributed by atoms with van der Waals surface area (Å²) in [4.78, 5) is 44.0. The topological polar surface area (TPSA) is 169 Å². The standard InChI is InChI=1S/C19H18N6O6/c1-12(14-3-7-16(8-4-14)24(28)29)20-22-18(26)11-19(27)23-21-13(2)15-5-9-17(10-6-15)25(30)31/h3-10,20-21H,1-2,11H2,(H,22,26)(H,23,27). The van der Waals surface area contributed by atoms with Crippen molar-refractivity contribution in [3.05, 3.63) is 93.0 Å². The van der Waals surface area contributed by atoms with Gasteiger partial charge in [-0.2, -0.15) is 0 Å². The van der Waals surface area contributed by atoms with Crippen LogP contribution >= 0.6 is 0 Å². The largest absolute Gasteiger partial charge is 0.299 e. The van der Waals surface area contributed by atoms with Crippen LogP contribution in [0.2, 0.25) is 0 Å². The monoisotopic (exact) mass is 426 g/mol. The molecule has 31 heavy (non-hydrogen) atoms. The Morgan fingerprint density at radius 3 is 1.29 bits per heavy atom. The number of nitrogens with zero attached hydrogens (tertiary/aromatic N) is 2. The third-order valence-corrected chi connectivity index (χ3v) is 3.88. The van der Waals surface area contributed by atoms with E-state index >= 15 is 0 Å². The van der Waals surface area contributed by atoms with Crippen LogP contribution in [0.25, 0.3) is 11.4 Å². The molecule has 2 rings (SSSR count). The summed E-state index contributed by atoms with van der Waals surface area (Å²) in [6.45, 7) is 7.40. The Morgan fingerprint density at radius 2 is 1.00 bits per heavy atom. The molecule has 12 nitrogen and oxygen atoms in total. The highest BCUT2D eigenvalue weighted by molar-refractivity contribution is 5.97. The quantitative estimate of drug-likeness (QED) is 0.253. The normalized spacial score (nSPS) is 9.81. The van der Waals surface area contributed by atoms with E-state index in [1.54, 1.807) is 0 Å². The summed E-state index contributed by atoms with van der Waals surface area (Å²) in [6, 6.07) is 11.0. The molecule has 0 aromatic heterocycles. The Balaban J connectivity index is 1.75. The zero-order valence-electron chi connectivity index (χ0n) is 16.1. The second-order valence-electron chi connectivity index (χ2n) is 6.09. The van der Waals surface area contributed by atoms with E-state index in [0.717, 1.165) is 0 Å². The first-order valence-corrected chi connectivity index (χ1v) is 8.64. The smallest absolute Gasteiger partial charge is 0.269 e. The van der Waals surface area contributed by atoms with Crippen LogP contribution in [0, 0.1) is 20.2 Å². The van der Waals surface area contributed by atoms with E-state index in [4.69, 9.17) is 0 Å². The molecule has 2 aromatic rings. The van der Waals surface area contributed by atoms with Gasteiger partial charge in [-0.05, 0) is 35.4 Å². The molecule has 0 aliphatic rings. The van der Waals surface area contributed by atoms with Crippen molar-refractivity contribution < 1.29 is 19.4 Å². The lowest BCUT2D eigenvalue weighted by Gasteiger charge is -2.13. The summed E-state index contributed by atoms with van der Waals surface area (Å²) in [5.41, 5.74) is 11.0. The number of amides is 2. The van der Waals surface area contributed by atoms with Crippen molar-refractivity contribution in [1.29, 1.82) is 0 Å². The van der Waals surface area contributed by atoms with Crippen molar-refractivity contribution in [2.45, 2.75) is 6.42 Å². The summed E-state index contributed by atoms with van der Waals surface area (Å²) in [6.07, 6.45) is -0.527. The molecule has 0 fully saturated rings. The molecule has 0 saturated heterocycles. The highest BCUT2D eigenvalue weighted by Crippen LogP contribution is 2.16. The maximum atomic E-state index is 11.9. The number of hydrogen-bond donors (Lipinski definition) is 4. The van der Waals surface area contributed by atoms with Crippen molar-refractivity contribution >= 4 is 34.6 Å². The summed E-state index contributed by atoms with van der Waals surface area (Å²) >= 11 is 0. The molecule has 0 unspecified atom stereocenters. The van der Waals surface area contributed by atoms with E-state index in [2.05, 4.69) is 34.9 Å². The molecule has 0 spiro atoms. The average molecular weight is 426 g/mol. The second kappa shape index (κ2) is 10.2. The maximum Gasteiger partial charge on any atom is 0.269 e. The number of nitro groups is 2. The van der Waals surface area contributed by atoms with E-state index < -0.39 is 28.1 Å². The van der Waals surface area contributed by atoms with Crippen LogP contribution in [-0.2, 0) is 9.59 Å². The minimum atomic E-state index is -0.664. The van der Waals surface area contributed by atoms with Gasteiger partial charge in [-0.25, -0.2) is 0 Å². The number of hydrazine groups is 2. The van der Waals surface area contributed by atoms with E-state index in [-0.39, 0.29) is 22.8 Å². The van der Waals surface area contributed by atoms with Crippen LogP contribution in [0.4, 0.5) is 11.4 Å². The number of carbonyl (C=O) groups excluding carboxylic acids is 2. The molecular weight excluding hydrogens is 408 g/mol. The first kappa shape index (κ1) is 22.5. The highest BCUT2D eigenvalue weighted by atomic mass is 16.6. The van der Waals surface area contributed by atoms with Crippen LogP contribution in [0.5, 0.6) is 0 Å². The number of nitro benzene ring substituents is 2. The van der Waals surface area contributed by atoms with Gasteiger partial charge in [0, 0.05) is 24.3 Å². The van der Waals surface area contributed by atoms with Crippen molar-refractivity contribution in [3.8, 4) is 0 Å². The second-order valence-corrected chi connectivity index (χ2v) is 6.09. The Morgan fingerprint density at radius 1 is 0.677 bits per heavy atom. The minimum absolute atomic E-state index is 0.0833. The zero-order chi connectivity index (χ0) is 23.0. The van der Waals surface area contributed by atoms with Crippen LogP contribution in [0.15, 0.2) is 61.7 Å². The molecule has 0 atom stereocenters. The number of benzene rings is 2. The molecule has 0 aliphatic heterocycles. The molecular formula is C19H18N6O6. The third-order valence-electron chi connectivity index (χ3n) is 3.88. The predicted molar refractivity (Wildman–Crippen MR) is 111 cm³/mol. The number of carbonyl (C=O) groups is 2. The lowest BCUT2D eigenvalue weighted by Crippen LogP contribution is -2.42. The van der Waals surface area contributed by atoms with Crippen LogP contribution in [0.1, 0.15) is 17.5 Å². The van der Waals surface area contributed by atoms with Gasteiger partial charge in [-0.1, -0.05) is 13.2 Å². The predicted octanol–water partition coefficient (Wildman–Crippen LogP) is 1.78. The fraction of sp³-hybridized carbons (Fsp3) is 0.0526. The van der Waals surface area contributed by atoms with Gasteiger partial charge in [0.15, 0.2) is 0 Å². The summed E-state index contributed by atoms with van der Waals surface area (Å²) in [5.74, 6) is -1.33. The number of hydrogen-bond acceptors (Lipinski definition) is 8. The minimum Gasteiger partial charge on any atom is -0.299 e. The first-order chi connectivity index (χ1) is 14.7. The van der Waals surface area contributed by atoms with Gasteiger partial charge < -0.3 is 0 Å². The Kier molecular flexibility index (Phi) is 7.39. The first-order valence-electron chi connectivity index (χ1n) is 8.64. The van der Waals surface area contributed by atoms with Gasteiger partial charge in [-0.15, -0.1) is 0 Å². The Hall–Kier alpha value is -4.74. The van der Waals surface area contributed by atoms with E-state index in [1.807, 2.05) is 0 Å². The van der Waals surface area contributed by atoms with Crippen molar-refractivity contribution in [2.75, 3.05) is 0 Å². The van der Waals surface area contributed by atoms with E-state index in [1.165, 1.54) is 48.5 Å². The molecule has 0 radical (unpaired) electrons. The van der Waals surface area contributed by atoms with Crippen molar-refractivity contribution in [1.82, 2.24) is 21.7 Å². The molecule has 160 valence electrons. The number of rotatable bonds is 10. The Labute approximate surface area is 175 Å². The van der Waals surface area contributed by atoms with Gasteiger partial charge in [0.25, 0.3) is 11.4 Å². The molecule has 0 saturated carbocycles. The van der Waals surface area contributed by atoms with Crippen LogP contribution in [0.3, 0.4) is 0 Å². The van der Waals surface area contributed by atoms with Gasteiger partial charge in [0.05, 0.1) is 21.2 Å². The molecule has 0 heterocycles. The number of non-ortho nitro benzene ring substituents is 2. The van der Waals surface area contributed by atoms with Crippen molar-refractivity contribution in [2.24, 2.45) is 0 Å². The maximum absolute atomic E-state index is 11.9. The van der Waals surface area contributed by atoms with Gasteiger partial charge in [0.1, 0.15) is 6.42 Å². The SMILES string of the molecule is C=C(NNC(=O)CC(=O)NNC(=C)c1ccc([N+](=O)[O-])cc1)c1ccc([N+](=O)[O-])cc1. The summed E-state index contributed by atoms with van der Waals surface area (Å²) in [5, 5.41) is 21.3. The summed E-state index contributed by atoms with van der Waals surface area (Å²) in [7, 11) is 0. The van der Waals surface area contributed by atoms with E-state index in [0.29, 0.717) is 11.1 Å². The summed E-state index contributed by atoms with van der Waals surface area (Å²) < 4.78 is 0. The fourth-order valence-electron chi connectivity index (χ4n) is 2.24. The van der Waals surface area contributed by atoms with Crippen LogP contribution < -0.4 is 21.7 Å². The lowest BCUT2D eigenvalue weighted by molar-refractivity contribution is -0.385. The van der Waals surface area contributed by atoms with Gasteiger partial charge in [-0.3, -0.25) is 51.5 Å². The Bertz CT molecular complexity index is 949. The molecule has 0 bridgehead atoms. The van der Waals surface area contributed by atoms with Crippen molar-refractivity contribution in [3.63, 3.8) is 0 Å². The molecule has 0 aliphatic carbocycles. The van der Waals surface area contributed by atoms with E-state index in [9.17, 15) is 29.8 Å². The molecule has 2 amide bonds. The highest BCUT2D eigenvalue weighted by Gasteiger charge is 2.11. The third kappa shape index (κ3) is 6.67. The molecule has 4 N–H and O–H groups in total. The molecule has 12 heteroatoms.